The molecule has 0 bridgehead atoms. The standard InChI is InChI=1S/C16H24N2O2.ClH/c1-16(2,20-4)15(19)17-14-11-18(3)10-13(14)12-8-6-5-7-9-12;/h5-9,13-14H,10-11H2,1-4H3,(H,17,19);1H/t13-,14+;/m1./s1. The quantitative estimate of drug-likeness (QED) is 0.925. The van der Waals surface area contributed by atoms with Gasteiger partial charge >= 0.3 is 0 Å². The largest absolute Gasteiger partial charge is 0.369 e. The highest BCUT2D eigenvalue weighted by Gasteiger charge is 2.36. The number of likely N-dealkylation sites (tertiary alicyclic amines) is 1. The Morgan fingerprint density at radius 1 is 1.29 bits per heavy atom. The van der Waals surface area contributed by atoms with Crippen LogP contribution in [0.1, 0.15) is 25.3 Å². The van der Waals surface area contributed by atoms with Crippen LogP contribution in [0.2, 0.25) is 0 Å². The predicted molar refractivity (Wildman–Crippen MR) is 86.9 cm³/mol. The second kappa shape index (κ2) is 7.25. The molecule has 1 aliphatic rings. The number of likely N-dealkylation sites (N-methyl/N-ethyl adjacent to an activating group) is 1. The maximum absolute atomic E-state index is 12.3. The molecule has 1 saturated heterocycles. The Labute approximate surface area is 133 Å². The molecule has 1 N–H and O–H groups in total. The van der Waals surface area contributed by atoms with E-state index in [0.29, 0.717) is 5.92 Å². The van der Waals surface area contributed by atoms with Gasteiger partial charge in [0, 0.05) is 32.2 Å². The second-order valence-corrected chi connectivity index (χ2v) is 6.03. The van der Waals surface area contributed by atoms with Crippen LogP contribution in [-0.4, -0.2) is 49.7 Å². The highest BCUT2D eigenvalue weighted by atomic mass is 35.5. The number of halogens is 1. The molecule has 2 rings (SSSR count). The Balaban J connectivity index is 0.00000220. The summed E-state index contributed by atoms with van der Waals surface area (Å²) in [4.78, 5) is 14.5. The number of amides is 1. The van der Waals surface area contributed by atoms with Crippen molar-refractivity contribution < 1.29 is 9.53 Å². The Morgan fingerprint density at radius 2 is 1.90 bits per heavy atom. The molecule has 1 amide bonds. The number of hydrogen-bond donors (Lipinski definition) is 1. The number of nitrogens with zero attached hydrogens (tertiary/aromatic N) is 1. The van der Waals surface area contributed by atoms with Crippen molar-refractivity contribution in [1.29, 1.82) is 0 Å². The minimum absolute atomic E-state index is 0. The summed E-state index contributed by atoms with van der Waals surface area (Å²) in [5.41, 5.74) is 0.486. The summed E-state index contributed by atoms with van der Waals surface area (Å²) in [7, 11) is 3.65. The fourth-order valence-corrected chi connectivity index (χ4v) is 2.62. The van der Waals surface area contributed by atoms with Crippen molar-refractivity contribution in [3.05, 3.63) is 35.9 Å². The van der Waals surface area contributed by atoms with E-state index in [1.807, 2.05) is 18.2 Å². The summed E-state index contributed by atoms with van der Waals surface area (Å²) >= 11 is 0. The Morgan fingerprint density at radius 3 is 2.48 bits per heavy atom. The van der Waals surface area contributed by atoms with Crippen molar-refractivity contribution in [2.45, 2.75) is 31.4 Å². The molecule has 4 nitrogen and oxygen atoms in total. The molecule has 0 aliphatic carbocycles. The summed E-state index contributed by atoms with van der Waals surface area (Å²) in [6.45, 7) is 5.41. The smallest absolute Gasteiger partial charge is 0.251 e. The first-order valence-electron chi connectivity index (χ1n) is 7.03. The lowest BCUT2D eigenvalue weighted by Crippen LogP contribution is -2.49. The minimum Gasteiger partial charge on any atom is -0.369 e. The van der Waals surface area contributed by atoms with E-state index in [4.69, 9.17) is 4.74 Å². The zero-order chi connectivity index (χ0) is 14.8. The SMILES string of the molecule is COC(C)(C)C(=O)N[C@H]1CN(C)C[C@@H]1c1ccccc1.Cl. The van der Waals surface area contributed by atoms with Gasteiger partial charge in [0.05, 0.1) is 0 Å². The summed E-state index contributed by atoms with van der Waals surface area (Å²) in [6.07, 6.45) is 0. The molecule has 1 aromatic carbocycles. The Hall–Kier alpha value is -1.10. The van der Waals surface area contributed by atoms with E-state index in [1.54, 1.807) is 21.0 Å². The van der Waals surface area contributed by atoms with Crippen molar-refractivity contribution in [3.63, 3.8) is 0 Å². The molecule has 118 valence electrons. The number of carbonyl (C=O) groups is 1. The van der Waals surface area contributed by atoms with Crippen LogP contribution in [0.15, 0.2) is 30.3 Å². The molecule has 0 unspecified atom stereocenters. The third-order valence-electron chi connectivity index (χ3n) is 4.10. The number of hydrogen-bond acceptors (Lipinski definition) is 3. The molecule has 0 spiro atoms. The molecule has 5 heteroatoms. The highest BCUT2D eigenvalue weighted by molar-refractivity contribution is 5.85. The number of carbonyl (C=O) groups excluding carboxylic acids is 1. The van der Waals surface area contributed by atoms with Crippen LogP contribution >= 0.6 is 12.4 Å². The fraction of sp³-hybridized carbons (Fsp3) is 0.562. The molecule has 1 heterocycles. The normalized spacial score (nSPS) is 22.7. The predicted octanol–water partition coefficient (Wildman–Crippen LogP) is 2.05. The van der Waals surface area contributed by atoms with Gasteiger partial charge in [-0.05, 0) is 26.5 Å². The maximum Gasteiger partial charge on any atom is 0.251 e. The van der Waals surface area contributed by atoms with Gasteiger partial charge < -0.3 is 15.0 Å². The van der Waals surface area contributed by atoms with Crippen LogP contribution in [0.4, 0.5) is 0 Å². The van der Waals surface area contributed by atoms with Gasteiger partial charge in [0.1, 0.15) is 5.60 Å². The summed E-state index contributed by atoms with van der Waals surface area (Å²) in [6, 6.07) is 10.5. The van der Waals surface area contributed by atoms with Crippen LogP contribution in [-0.2, 0) is 9.53 Å². The number of benzene rings is 1. The van der Waals surface area contributed by atoms with Crippen molar-refractivity contribution in [3.8, 4) is 0 Å². The Bertz CT molecular complexity index is 465. The van der Waals surface area contributed by atoms with Crippen molar-refractivity contribution in [1.82, 2.24) is 10.2 Å². The van der Waals surface area contributed by atoms with Gasteiger partial charge in [-0.15, -0.1) is 12.4 Å². The molecular weight excluding hydrogens is 288 g/mol. The number of ether oxygens (including phenoxy) is 1. The van der Waals surface area contributed by atoms with Crippen molar-refractivity contribution in [2.75, 3.05) is 27.2 Å². The molecule has 0 aromatic heterocycles. The van der Waals surface area contributed by atoms with Gasteiger partial charge in [-0.3, -0.25) is 4.79 Å². The van der Waals surface area contributed by atoms with Crippen molar-refractivity contribution >= 4 is 18.3 Å². The number of methoxy groups -OCH3 is 1. The maximum atomic E-state index is 12.3. The first-order chi connectivity index (χ1) is 9.44. The van der Waals surface area contributed by atoms with E-state index >= 15 is 0 Å². The fourth-order valence-electron chi connectivity index (χ4n) is 2.62. The Kier molecular flexibility index (Phi) is 6.20. The molecule has 21 heavy (non-hydrogen) atoms. The first kappa shape index (κ1) is 18.0. The van der Waals surface area contributed by atoms with Gasteiger partial charge in [0.25, 0.3) is 5.91 Å². The second-order valence-electron chi connectivity index (χ2n) is 6.03. The lowest BCUT2D eigenvalue weighted by Gasteiger charge is -2.27. The zero-order valence-electron chi connectivity index (χ0n) is 13.1. The summed E-state index contributed by atoms with van der Waals surface area (Å²) in [5.74, 6) is 0.277. The lowest BCUT2D eigenvalue weighted by atomic mass is 9.93. The molecular formula is C16H25ClN2O2. The van der Waals surface area contributed by atoms with Crippen LogP contribution < -0.4 is 5.32 Å². The molecule has 1 fully saturated rings. The van der Waals surface area contributed by atoms with E-state index < -0.39 is 5.60 Å². The van der Waals surface area contributed by atoms with E-state index in [-0.39, 0.29) is 24.4 Å². The molecule has 1 aliphatic heterocycles. The zero-order valence-corrected chi connectivity index (χ0v) is 13.9. The summed E-state index contributed by atoms with van der Waals surface area (Å²) < 4.78 is 5.25. The highest BCUT2D eigenvalue weighted by Crippen LogP contribution is 2.27. The van der Waals surface area contributed by atoms with Crippen LogP contribution in [0.25, 0.3) is 0 Å². The first-order valence-corrected chi connectivity index (χ1v) is 7.03. The minimum atomic E-state index is -0.789. The van der Waals surface area contributed by atoms with Crippen LogP contribution in [0, 0.1) is 0 Å². The third kappa shape index (κ3) is 4.19. The van der Waals surface area contributed by atoms with E-state index in [0.717, 1.165) is 13.1 Å². The van der Waals surface area contributed by atoms with Gasteiger partial charge in [0.2, 0.25) is 0 Å². The van der Waals surface area contributed by atoms with Gasteiger partial charge in [-0.25, -0.2) is 0 Å². The number of nitrogens with one attached hydrogen (secondary N) is 1. The monoisotopic (exact) mass is 312 g/mol. The number of rotatable bonds is 4. The average Bonchev–Trinajstić information content (AvgIpc) is 2.80. The van der Waals surface area contributed by atoms with Crippen molar-refractivity contribution in [2.24, 2.45) is 0 Å². The lowest BCUT2D eigenvalue weighted by molar-refractivity contribution is -0.140. The molecule has 2 atom stereocenters. The topological polar surface area (TPSA) is 41.6 Å². The van der Waals surface area contributed by atoms with Crippen LogP contribution in [0.3, 0.4) is 0 Å². The van der Waals surface area contributed by atoms with Gasteiger partial charge in [-0.1, -0.05) is 30.3 Å². The molecule has 0 radical (unpaired) electrons. The van der Waals surface area contributed by atoms with E-state index in [2.05, 4.69) is 29.4 Å². The average molecular weight is 313 g/mol. The van der Waals surface area contributed by atoms with Gasteiger partial charge in [-0.2, -0.15) is 0 Å². The summed E-state index contributed by atoms with van der Waals surface area (Å²) in [5, 5.41) is 3.14. The van der Waals surface area contributed by atoms with E-state index in [9.17, 15) is 4.79 Å². The van der Waals surface area contributed by atoms with Gasteiger partial charge in [0.15, 0.2) is 0 Å². The molecule has 1 aromatic rings. The molecule has 0 saturated carbocycles. The van der Waals surface area contributed by atoms with Crippen LogP contribution in [0.5, 0.6) is 0 Å². The van der Waals surface area contributed by atoms with E-state index in [1.165, 1.54) is 5.56 Å². The third-order valence-corrected chi connectivity index (χ3v) is 4.10.